The van der Waals surface area contributed by atoms with Gasteiger partial charge >= 0.3 is 5.97 Å². The van der Waals surface area contributed by atoms with E-state index in [1.807, 2.05) is 6.92 Å². The van der Waals surface area contributed by atoms with Gasteiger partial charge < -0.3 is 18.7 Å². The Balaban J connectivity index is 2.21. The minimum absolute atomic E-state index is 0.286. The number of aromatic nitrogens is 2. The molecule has 1 unspecified atom stereocenters. The smallest absolute Gasteiger partial charge is 0.318 e. The highest BCUT2D eigenvalue weighted by atomic mass is 16.5. The molecule has 1 aliphatic heterocycles. The summed E-state index contributed by atoms with van der Waals surface area (Å²) in [7, 11) is 1.63. The number of carbonyl (C=O) groups is 1. The van der Waals surface area contributed by atoms with Crippen LogP contribution < -0.4 is 0 Å². The first-order valence-corrected chi connectivity index (χ1v) is 7.30. The first-order chi connectivity index (χ1) is 10.2. The number of hydrogen-bond donors (Lipinski definition) is 0. The maximum atomic E-state index is 11.9. The molecule has 0 aliphatic carbocycles. The Morgan fingerprint density at radius 1 is 1.38 bits per heavy atom. The third kappa shape index (κ3) is 3.24. The number of ether oxygens (including phenoxy) is 3. The Morgan fingerprint density at radius 2 is 2.10 bits per heavy atom. The molecule has 2 heterocycles. The molecule has 0 aromatic carbocycles. The van der Waals surface area contributed by atoms with E-state index in [1.54, 1.807) is 14.0 Å². The zero-order chi connectivity index (χ0) is 15.3. The monoisotopic (exact) mass is 298 g/mol. The summed E-state index contributed by atoms with van der Waals surface area (Å²) >= 11 is 0. The summed E-state index contributed by atoms with van der Waals surface area (Å²) < 4.78 is 21.3. The fourth-order valence-electron chi connectivity index (χ4n) is 2.47. The molecule has 0 radical (unpaired) electrons. The normalized spacial score (nSPS) is 19.2. The minimum atomic E-state index is -0.590. The largest absolute Gasteiger partial charge is 0.465 e. The molecule has 2 rings (SSSR count). The predicted molar refractivity (Wildman–Crippen MR) is 72.7 cm³/mol. The van der Waals surface area contributed by atoms with Crippen molar-refractivity contribution in [2.24, 2.45) is 0 Å². The third-order valence-corrected chi connectivity index (χ3v) is 3.82. The molecule has 118 valence electrons. The van der Waals surface area contributed by atoms with Crippen LogP contribution >= 0.6 is 0 Å². The topological polar surface area (TPSA) is 83.7 Å². The van der Waals surface area contributed by atoms with Crippen LogP contribution in [0.5, 0.6) is 0 Å². The van der Waals surface area contributed by atoms with Crippen molar-refractivity contribution in [2.75, 3.05) is 26.9 Å². The van der Waals surface area contributed by atoms with Gasteiger partial charge in [-0.15, -0.1) is 0 Å². The minimum Gasteiger partial charge on any atom is -0.465 e. The van der Waals surface area contributed by atoms with Crippen LogP contribution in [0.2, 0.25) is 0 Å². The van der Waals surface area contributed by atoms with E-state index in [1.165, 1.54) is 0 Å². The van der Waals surface area contributed by atoms with Gasteiger partial charge in [-0.25, -0.2) is 0 Å². The van der Waals surface area contributed by atoms with Crippen LogP contribution in [-0.4, -0.2) is 43.0 Å². The molecule has 0 spiro atoms. The second kappa shape index (κ2) is 7.00. The van der Waals surface area contributed by atoms with Crippen molar-refractivity contribution in [3.05, 3.63) is 11.7 Å². The van der Waals surface area contributed by atoms with Crippen LogP contribution in [0.1, 0.15) is 50.7 Å². The summed E-state index contributed by atoms with van der Waals surface area (Å²) in [6.45, 7) is 5.16. The van der Waals surface area contributed by atoms with Gasteiger partial charge in [0.15, 0.2) is 0 Å². The average Bonchev–Trinajstić information content (AvgIpc) is 2.99. The van der Waals surface area contributed by atoms with E-state index >= 15 is 0 Å². The Morgan fingerprint density at radius 3 is 2.67 bits per heavy atom. The van der Waals surface area contributed by atoms with Gasteiger partial charge in [-0.2, -0.15) is 4.98 Å². The average molecular weight is 298 g/mol. The molecule has 0 saturated carbocycles. The van der Waals surface area contributed by atoms with Gasteiger partial charge in [-0.05, 0) is 13.3 Å². The molecular weight excluding hydrogens is 276 g/mol. The van der Waals surface area contributed by atoms with Crippen LogP contribution in [0, 0.1) is 0 Å². The summed E-state index contributed by atoms with van der Waals surface area (Å²) in [5, 5.41) is 4.02. The van der Waals surface area contributed by atoms with Gasteiger partial charge in [0, 0.05) is 33.2 Å². The van der Waals surface area contributed by atoms with E-state index in [-0.39, 0.29) is 11.9 Å². The molecule has 1 aromatic heterocycles. The number of nitrogens with zero attached hydrogens (tertiary/aromatic N) is 2. The lowest BCUT2D eigenvalue weighted by atomic mass is 9.93. The van der Waals surface area contributed by atoms with Crippen molar-refractivity contribution < 1.29 is 23.5 Å². The van der Waals surface area contributed by atoms with Crippen LogP contribution in [0.3, 0.4) is 0 Å². The van der Waals surface area contributed by atoms with Gasteiger partial charge in [0.25, 0.3) is 0 Å². The van der Waals surface area contributed by atoms with Crippen LogP contribution in [0.15, 0.2) is 4.52 Å². The molecule has 7 nitrogen and oxygen atoms in total. The molecule has 0 bridgehead atoms. The van der Waals surface area contributed by atoms with E-state index in [0.717, 1.165) is 0 Å². The number of rotatable bonds is 6. The molecule has 1 saturated heterocycles. The van der Waals surface area contributed by atoms with Crippen LogP contribution in [0.25, 0.3) is 0 Å². The lowest BCUT2D eigenvalue weighted by Gasteiger charge is -2.32. The fraction of sp³-hybridized carbons (Fsp3) is 0.786. The summed E-state index contributed by atoms with van der Waals surface area (Å²) in [6, 6.07) is 0. The zero-order valence-corrected chi connectivity index (χ0v) is 12.8. The standard InChI is InChI=1S/C14H22N2O5/c1-4-10(12(17)20-5-2)11-15-13(16-21-11)14(18-3)6-8-19-9-7-14/h10H,4-9H2,1-3H3. The van der Waals surface area contributed by atoms with Gasteiger partial charge in [0.05, 0.1) is 6.61 Å². The Kier molecular flexibility index (Phi) is 5.30. The molecule has 21 heavy (non-hydrogen) atoms. The van der Waals surface area contributed by atoms with Gasteiger partial charge in [-0.3, -0.25) is 4.79 Å². The number of esters is 1. The molecule has 1 fully saturated rings. The van der Waals surface area contributed by atoms with Crippen molar-refractivity contribution in [3.8, 4) is 0 Å². The molecular formula is C14H22N2O5. The molecule has 1 aromatic rings. The van der Waals surface area contributed by atoms with Crippen molar-refractivity contribution in [2.45, 2.75) is 44.6 Å². The lowest BCUT2D eigenvalue weighted by Crippen LogP contribution is -2.36. The van der Waals surface area contributed by atoms with Crippen LogP contribution in [0.4, 0.5) is 0 Å². The maximum Gasteiger partial charge on any atom is 0.318 e. The predicted octanol–water partition coefficient (Wildman–Crippen LogP) is 1.78. The number of carbonyl (C=O) groups excluding carboxylic acids is 1. The molecule has 0 amide bonds. The first-order valence-electron chi connectivity index (χ1n) is 7.30. The quantitative estimate of drug-likeness (QED) is 0.740. The van der Waals surface area contributed by atoms with Crippen molar-refractivity contribution in [3.63, 3.8) is 0 Å². The highest BCUT2D eigenvalue weighted by Gasteiger charge is 2.40. The van der Waals surface area contributed by atoms with E-state index in [9.17, 15) is 4.79 Å². The number of methoxy groups -OCH3 is 1. The van der Waals surface area contributed by atoms with Gasteiger partial charge in [0.1, 0.15) is 11.5 Å². The summed E-state index contributed by atoms with van der Waals surface area (Å²) in [5.41, 5.74) is -0.590. The van der Waals surface area contributed by atoms with E-state index in [0.29, 0.717) is 44.9 Å². The Bertz CT molecular complexity index is 468. The Hall–Kier alpha value is -1.47. The highest BCUT2D eigenvalue weighted by Crippen LogP contribution is 2.34. The van der Waals surface area contributed by atoms with Crippen LogP contribution in [-0.2, 0) is 24.6 Å². The van der Waals surface area contributed by atoms with E-state index < -0.39 is 11.5 Å². The van der Waals surface area contributed by atoms with E-state index in [2.05, 4.69) is 10.1 Å². The second-order valence-corrected chi connectivity index (χ2v) is 4.98. The molecule has 7 heteroatoms. The highest BCUT2D eigenvalue weighted by molar-refractivity contribution is 5.76. The van der Waals surface area contributed by atoms with Crippen molar-refractivity contribution in [1.29, 1.82) is 0 Å². The van der Waals surface area contributed by atoms with Gasteiger partial charge in [-0.1, -0.05) is 12.1 Å². The molecule has 1 aliphatic rings. The number of hydrogen-bond acceptors (Lipinski definition) is 7. The Labute approximate surface area is 123 Å². The zero-order valence-electron chi connectivity index (χ0n) is 12.8. The van der Waals surface area contributed by atoms with E-state index in [4.69, 9.17) is 18.7 Å². The first kappa shape index (κ1) is 15.9. The van der Waals surface area contributed by atoms with Crippen molar-refractivity contribution >= 4 is 5.97 Å². The lowest BCUT2D eigenvalue weighted by molar-refractivity contribution is -0.145. The maximum absolute atomic E-state index is 11.9. The van der Waals surface area contributed by atoms with Gasteiger partial charge in [0.2, 0.25) is 11.7 Å². The molecule has 1 atom stereocenters. The SMILES string of the molecule is CCOC(=O)C(CC)c1nc(C2(OC)CCOCC2)no1. The second-order valence-electron chi connectivity index (χ2n) is 4.98. The summed E-state index contributed by atoms with van der Waals surface area (Å²) in [4.78, 5) is 16.3. The third-order valence-electron chi connectivity index (χ3n) is 3.82. The fourth-order valence-corrected chi connectivity index (χ4v) is 2.47. The summed E-state index contributed by atoms with van der Waals surface area (Å²) in [5.74, 6) is -0.103. The van der Waals surface area contributed by atoms with Crippen molar-refractivity contribution in [1.82, 2.24) is 10.1 Å². The molecule has 0 N–H and O–H groups in total. The summed E-state index contributed by atoms with van der Waals surface area (Å²) in [6.07, 6.45) is 1.88.